The number of aromatic hydroxyl groups is 1. The third kappa shape index (κ3) is 1.56. The predicted molar refractivity (Wildman–Crippen MR) is 60.8 cm³/mol. The Morgan fingerprint density at radius 3 is 2.57 bits per heavy atom. The summed E-state index contributed by atoms with van der Waals surface area (Å²) in [7, 11) is 0. The van der Waals surface area contributed by atoms with E-state index in [2.05, 4.69) is 0 Å². The van der Waals surface area contributed by atoms with Crippen LogP contribution in [0.1, 0.15) is 0 Å². The van der Waals surface area contributed by atoms with Gasteiger partial charge in [0.05, 0.1) is 5.02 Å². The lowest BCUT2D eigenvalue weighted by molar-refractivity contribution is 0.477. The third-order valence-electron chi connectivity index (χ3n) is 1.93. The third-order valence-corrected chi connectivity index (χ3v) is 3.11. The lowest BCUT2D eigenvalue weighted by atomic mass is 10.1. The molecule has 2 aromatic rings. The summed E-state index contributed by atoms with van der Waals surface area (Å²) < 4.78 is 0. The number of nitrogen functional groups attached to an aromatic ring is 1. The van der Waals surface area contributed by atoms with E-state index in [0.29, 0.717) is 16.3 Å². The number of hydrogen-bond donors (Lipinski definition) is 2. The largest absolute Gasteiger partial charge is 0.507 e. The van der Waals surface area contributed by atoms with Crippen LogP contribution in [-0.4, -0.2) is 5.11 Å². The first-order valence-electron chi connectivity index (χ1n) is 3.99. The van der Waals surface area contributed by atoms with Gasteiger partial charge in [-0.05, 0) is 12.1 Å². The van der Waals surface area contributed by atoms with Crippen LogP contribution in [0.4, 0.5) is 5.69 Å². The van der Waals surface area contributed by atoms with Gasteiger partial charge in [-0.1, -0.05) is 11.6 Å². The molecule has 0 aliphatic carbocycles. The van der Waals surface area contributed by atoms with Gasteiger partial charge in [0.1, 0.15) is 5.75 Å². The summed E-state index contributed by atoms with van der Waals surface area (Å²) in [6.45, 7) is 0. The van der Waals surface area contributed by atoms with Gasteiger partial charge in [-0.2, -0.15) is 11.3 Å². The van der Waals surface area contributed by atoms with Crippen LogP contribution >= 0.6 is 22.9 Å². The van der Waals surface area contributed by atoms with E-state index in [1.54, 1.807) is 12.1 Å². The highest BCUT2D eigenvalue weighted by Crippen LogP contribution is 2.37. The Morgan fingerprint density at radius 2 is 2.00 bits per heavy atom. The summed E-state index contributed by atoms with van der Waals surface area (Å²) in [5.41, 5.74) is 7.62. The maximum Gasteiger partial charge on any atom is 0.125 e. The summed E-state index contributed by atoms with van der Waals surface area (Å²) in [5.74, 6) is 0.158. The Labute approximate surface area is 90.6 Å². The second-order valence-electron chi connectivity index (χ2n) is 2.91. The number of rotatable bonds is 1. The maximum atomic E-state index is 9.65. The van der Waals surface area contributed by atoms with E-state index in [1.165, 1.54) is 17.4 Å². The van der Waals surface area contributed by atoms with Crippen LogP contribution in [0, 0.1) is 0 Å². The molecule has 2 nitrogen and oxygen atoms in total. The zero-order valence-corrected chi connectivity index (χ0v) is 8.77. The smallest absolute Gasteiger partial charge is 0.125 e. The van der Waals surface area contributed by atoms with Crippen LogP contribution in [0.5, 0.6) is 5.75 Å². The molecule has 1 heterocycles. The normalized spacial score (nSPS) is 10.4. The number of thiophene rings is 1. The summed E-state index contributed by atoms with van der Waals surface area (Å²) in [6, 6.07) is 5.02. The molecular weight excluding hydrogens is 218 g/mol. The molecule has 0 spiro atoms. The van der Waals surface area contributed by atoms with Crippen molar-refractivity contribution < 1.29 is 5.11 Å². The van der Waals surface area contributed by atoms with E-state index in [-0.39, 0.29) is 5.75 Å². The highest BCUT2D eigenvalue weighted by Gasteiger charge is 2.08. The maximum absolute atomic E-state index is 9.65. The Bertz CT molecular complexity index is 467. The Hall–Kier alpha value is -1.19. The number of halogens is 1. The standard InChI is InChI=1S/C10H8ClNOS/c11-9-5-14-4-8(9)7-2-1-6(12)3-10(7)13/h1-5,13H,12H2. The van der Waals surface area contributed by atoms with Gasteiger partial charge in [0.15, 0.2) is 0 Å². The summed E-state index contributed by atoms with van der Waals surface area (Å²) >= 11 is 7.45. The van der Waals surface area contributed by atoms with Gasteiger partial charge in [0.2, 0.25) is 0 Å². The van der Waals surface area contributed by atoms with Gasteiger partial charge < -0.3 is 10.8 Å². The highest BCUT2D eigenvalue weighted by molar-refractivity contribution is 7.09. The van der Waals surface area contributed by atoms with Crippen LogP contribution in [0.2, 0.25) is 5.02 Å². The van der Waals surface area contributed by atoms with E-state index in [9.17, 15) is 5.11 Å². The second kappa shape index (κ2) is 3.52. The molecule has 0 amide bonds. The molecule has 0 aliphatic heterocycles. The number of benzene rings is 1. The fourth-order valence-electron chi connectivity index (χ4n) is 1.25. The van der Waals surface area contributed by atoms with Gasteiger partial charge in [-0.15, -0.1) is 0 Å². The van der Waals surface area contributed by atoms with Gasteiger partial charge in [0, 0.05) is 33.6 Å². The van der Waals surface area contributed by atoms with Crippen LogP contribution in [0.25, 0.3) is 11.1 Å². The quantitative estimate of drug-likeness (QED) is 0.731. The fraction of sp³-hybridized carbons (Fsp3) is 0. The summed E-state index contributed by atoms with van der Waals surface area (Å²) in [6.07, 6.45) is 0. The molecule has 4 heteroatoms. The van der Waals surface area contributed by atoms with Crippen LogP contribution in [0.3, 0.4) is 0 Å². The molecule has 0 unspecified atom stereocenters. The first-order chi connectivity index (χ1) is 6.68. The summed E-state index contributed by atoms with van der Waals surface area (Å²) in [4.78, 5) is 0. The molecule has 0 radical (unpaired) electrons. The van der Waals surface area contributed by atoms with Crippen LogP contribution in [-0.2, 0) is 0 Å². The molecule has 3 N–H and O–H groups in total. The first kappa shape index (κ1) is 9.37. The van der Waals surface area contributed by atoms with E-state index in [1.807, 2.05) is 10.8 Å². The van der Waals surface area contributed by atoms with Crippen molar-refractivity contribution in [1.82, 2.24) is 0 Å². The highest BCUT2D eigenvalue weighted by atomic mass is 35.5. The molecule has 2 rings (SSSR count). The average Bonchev–Trinajstić information content (AvgIpc) is 2.52. The minimum absolute atomic E-state index is 0.158. The van der Waals surface area contributed by atoms with Gasteiger partial charge in [-0.3, -0.25) is 0 Å². The molecule has 0 atom stereocenters. The van der Waals surface area contributed by atoms with Crippen molar-refractivity contribution in [2.75, 3.05) is 5.73 Å². The molecule has 0 saturated heterocycles. The topological polar surface area (TPSA) is 46.2 Å². The number of anilines is 1. The Morgan fingerprint density at radius 1 is 1.21 bits per heavy atom. The summed E-state index contributed by atoms with van der Waals surface area (Å²) in [5, 5.41) is 14.0. The molecular formula is C10H8ClNOS. The zero-order valence-electron chi connectivity index (χ0n) is 7.20. The molecule has 72 valence electrons. The van der Waals surface area contributed by atoms with Crippen molar-refractivity contribution in [2.24, 2.45) is 0 Å². The van der Waals surface area contributed by atoms with Gasteiger partial charge >= 0.3 is 0 Å². The van der Waals surface area contributed by atoms with Gasteiger partial charge in [0.25, 0.3) is 0 Å². The van der Waals surface area contributed by atoms with Crippen molar-refractivity contribution in [3.63, 3.8) is 0 Å². The molecule has 1 aromatic carbocycles. The number of nitrogens with two attached hydrogens (primary N) is 1. The predicted octanol–water partition coefficient (Wildman–Crippen LogP) is 3.36. The Balaban J connectivity index is 2.58. The minimum atomic E-state index is 0.158. The number of phenols is 1. The SMILES string of the molecule is Nc1ccc(-c2cscc2Cl)c(O)c1. The van der Waals surface area contributed by atoms with Crippen LogP contribution in [0.15, 0.2) is 29.0 Å². The van der Waals surface area contributed by atoms with E-state index in [0.717, 1.165) is 5.56 Å². The van der Waals surface area contributed by atoms with Crippen molar-refractivity contribution in [1.29, 1.82) is 0 Å². The van der Waals surface area contributed by atoms with E-state index < -0.39 is 0 Å². The van der Waals surface area contributed by atoms with Crippen molar-refractivity contribution in [2.45, 2.75) is 0 Å². The number of phenolic OH excluding ortho intramolecular Hbond substituents is 1. The van der Waals surface area contributed by atoms with E-state index >= 15 is 0 Å². The molecule has 14 heavy (non-hydrogen) atoms. The van der Waals surface area contributed by atoms with Crippen molar-refractivity contribution in [3.05, 3.63) is 34.0 Å². The molecule has 1 aromatic heterocycles. The van der Waals surface area contributed by atoms with Gasteiger partial charge in [-0.25, -0.2) is 0 Å². The lowest BCUT2D eigenvalue weighted by Crippen LogP contribution is -1.84. The second-order valence-corrected chi connectivity index (χ2v) is 4.06. The zero-order chi connectivity index (χ0) is 10.1. The monoisotopic (exact) mass is 225 g/mol. The fourth-order valence-corrected chi connectivity index (χ4v) is 2.33. The molecule has 0 aliphatic rings. The molecule has 0 fully saturated rings. The average molecular weight is 226 g/mol. The van der Waals surface area contributed by atoms with Crippen molar-refractivity contribution >= 4 is 28.6 Å². The first-order valence-corrected chi connectivity index (χ1v) is 5.31. The Kier molecular flexibility index (Phi) is 2.35. The van der Waals surface area contributed by atoms with Crippen molar-refractivity contribution in [3.8, 4) is 16.9 Å². The van der Waals surface area contributed by atoms with Crippen LogP contribution < -0.4 is 5.73 Å². The lowest BCUT2D eigenvalue weighted by Gasteiger charge is -2.03. The number of hydrogen-bond acceptors (Lipinski definition) is 3. The van der Waals surface area contributed by atoms with E-state index in [4.69, 9.17) is 17.3 Å². The molecule has 0 bridgehead atoms. The molecule has 0 saturated carbocycles. The minimum Gasteiger partial charge on any atom is -0.507 e.